The van der Waals surface area contributed by atoms with Crippen LogP contribution in [0, 0.1) is 5.41 Å². The Hall–Kier alpha value is -2.72. The molecule has 10 heteroatoms. The average Bonchev–Trinajstić information content (AvgIpc) is 2.88. The van der Waals surface area contributed by atoms with Gasteiger partial charge in [0.25, 0.3) is 0 Å². The van der Waals surface area contributed by atoms with Crippen LogP contribution in [0.15, 0.2) is 59.5 Å². The highest BCUT2D eigenvalue weighted by Crippen LogP contribution is 2.29. The van der Waals surface area contributed by atoms with E-state index in [-0.39, 0.29) is 11.0 Å². The van der Waals surface area contributed by atoms with Crippen LogP contribution in [0.25, 0.3) is 5.69 Å². The number of benzene rings is 2. The second-order valence-electron chi connectivity index (χ2n) is 9.97. The summed E-state index contributed by atoms with van der Waals surface area (Å²) in [5.41, 5.74) is 8.71. The molecular weight excluding hydrogens is 508 g/mol. The van der Waals surface area contributed by atoms with Crippen molar-refractivity contribution in [3.63, 3.8) is 0 Å². The van der Waals surface area contributed by atoms with Crippen LogP contribution in [-0.4, -0.2) is 60.5 Å². The molecule has 0 radical (unpaired) electrons. The van der Waals surface area contributed by atoms with E-state index in [4.69, 9.17) is 22.1 Å². The lowest BCUT2D eigenvalue weighted by molar-refractivity contribution is 0.176. The smallest absolute Gasteiger partial charge is 0.316 e. The molecule has 3 aromatic rings. The van der Waals surface area contributed by atoms with Crippen LogP contribution < -0.4 is 26.2 Å². The van der Waals surface area contributed by atoms with E-state index in [1.807, 2.05) is 37.2 Å². The topological polar surface area (TPSA) is 88.7 Å². The normalized spacial score (nSPS) is 14.6. The Labute approximate surface area is 227 Å². The molecule has 1 saturated heterocycles. The van der Waals surface area contributed by atoms with Gasteiger partial charge >= 0.3 is 5.56 Å². The fraction of sp³-hybridized carbons (Fsp3) is 0.407. The molecule has 0 spiro atoms. The zero-order valence-electron chi connectivity index (χ0n) is 21.6. The minimum absolute atomic E-state index is 0.153. The van der Waals surface area contributed by atoms with E-state index in [9.17, 15) is 4.79 Å². The third kappa shape index (κ3) is 7.19. The lowest BCUT2D eigenvalue weighted by atomic mass is 9.95. The van der Waals surface area contributed by atoms with Gasteiger partial charge in [-0.2, -0.15) is 9.78 Å². The van der Waals surface area contributed by atoms with Crippen LogP contribution in [-0.2, 0) is 5.75 Å². The molecular formula is C27H35ClN6O2S. The van der Waals surface area contributed by atoms with Gasteiger partial charge in [0.1, 0.15) is 5.69 Å². The SMILES string of the molecule is CNCC(C)(C)COc1c(N2CCN(SCc3ccc(N)cc3)CC2)cnn(-c2cccc(Cl)c2)c1=O. The highest BCUT2D eigenvalue weighted by atomic mass is 35.5. The summed E-state index contributed by atoms with van der Waals surface area (Å²) < 4.78 is 9.98. The Bertz CT molecular complexity index is 1240. The number of hydrogen-bond acceptors (Lipinski definition) is 8. The minimum Gasteiger partial charge on any atom is -0.486 e. The highest BCUT2D eigenvalue weighted by molar-refractivity contribution is 7.96. The summed E-state index contributed by atoms with van der Waals surface area (Å²) in [5.74, 6) is 1.22. The predicted octanol–water partition coefficient (Wildman–Crippen LogP) is 4.06. The molecule has 1 aliphatic rings. The molecule has 0 aliphatic carbocycles. The first-order valence-electron chi connectivity index (χ1n) is 12.4. The Balaban J connectivity index is 1.51. The molecule has 0 atom stereocenters. The van der Waals surface area contributed by atoms with Crippen LogP contribution in [0.2, 0.25) is 5.02 Å². The van der Waals surface area contributed by atoms with E-state index in [0.29, 0.717) is 23.1 Å². The predicted molar refractivity (Wildman–Crippen MR) is 154 cm³/mol. The molecule has 0 unspecified atom stereocenters. The zero-order chi connectivity index (χ0) is 26.4. The maximum atomic E-state index is 13.6. The molecule has 1 aliphatic heterocycles. The van der Waals surface area contributed by atoms with Crippen molar-refractivity contribution in [1.29, 1.82) is 0 Å². The summed E-state index contributed by atoms with van der Waals surface area (Å²) in [5, 5.41) is 8.23. The van der Waals surface area contributed by atoms with Crippen molar-refractivity contribution in [1.82, 2.24) is 19.4 Å². The summed E-state index contributed by atoms with van der Waals surface area (Å²) in [4.78, 5) is 15.8. The summed E-state index contributed by atoms with van der Waals surface area (Å²) in [7, 11) is 1.91. The fourth-order valence-electron chi connectivity index (χ4n) is 4.22. The molecule has 2 heterocycles. The maximum absolute atomic E-state index is 13.6. The fourth-order valence-corrected chi connectivity index (χ4v) is 5.35. The third-order valence-corrected chi connectivity index (χ3v) is 7.63. The monoisotopic (exact) mass is 542 g/mol. The Kier molecular flexibility index (Phi) is 9.02. The second-order valence-corrected chi connectivity index (χ2v) is 11.5. The van der Waals surface area contributed by atoms with E-state index in [0.717, 1.165) is 49.9 Å². The lowest BCUT2D eigenvalue weighted by Crippen LogP contribution is -2.44. The molecule has 3 N–H and O–H groups in total. The first-order chi connectivity index (χ1) is 17.8. The molecule has 1 fully saturated rings. The number of ether oxygens (including phenoxy) is 1. The van der Waals surface area contributed by atoms with Crippen molar-refractivity contribution in [3.8, 4) is 11.4 Å². The van der Waals surface area contributed by atoms with E-state index < -0.39 is 0 Å². The van der Waals surface area contributed by atoms with E-state index in [2.05, 4.69) is 45.6 Å². The number of piperazine rings is 1. The molecule has 8 nitrogen and oxygen atoms in total. The minimum atomic E-state index is -0.292. The number of halogens is 1. The number of hydrogen-bond donors (Lipinski definition) is 2. The first-order valence-corrected chi connectivity index (χ1v) is 13.7. The molecule has 0 amide bonds. The van der Waals surface area contributed by atoms with Crippen LogP contribution >= 0.6 is 23.5 Å². The summed E-state index contributed by atoms with van der Waals surface area (Å²) in [6.45, 7) is 8.64. The Morgan fingerprint density at radius 3 is 2.54 bits per heavy atom. The van der Waals surface area contributed by atoms with Crippen molar-refractivity contribution < 1.29 is 4.74 Å². The van der Waals surface area contributed by atoms with Crippen LogP contribution in [0.5, 0.6) is 5.75 Å². The van der Waals surface area contributed by atoms with Gasteiger partial charge in [0.05, 0.1) is 18.5 Å². The van der Waals surface area contributed by atoms with Crippen LogP contribution in [0.3, 0.4) is 0 Å². The summed E-state index contributed by atoms with van der Waals surface area (Å²) in [6, 6.07) is 15.1. The molecule has 37 heavy (non-hydrogen) atoms. The number of anilines is 2. The number of nitrogens with two attached hydrogens (primary N) is 1. The number of rotatable bonds is 10. The van der Waals surface area contributed by atoms with E-state index in [1.54, 1.807) is 24.4 Å². The van der Waals surface area contributed by atoms with Crippen LogP contribution in [0.1, 0.15) is 19.4 Å². The van der Waals surface area contributed by atoms with Gasteiger partial charge in [-0.25, -0.2) is 4.31 Å². The molecule has 4 rings (SSSR count). The van der Waals surface area contributed by atoms with Crippen molar-refractivity contribution in [2.24, 2.45) is 5.41 Å². The lowest BCUT2D eigenvalue weighted by Gasteiger charge is -2.36. The zero-order valence-corrected chi connectivity index (χ0v) is 23.2. The Morgan fingerprint density at radius 1 is 1.14 bits per heavy atom. The average molecular weight is 543 g/mol. The van der Waals surface area contributed by atoms with Gasteiger partial charge in [-0.3, -0.25) is 4.79 Å². The standard InChI is InChI=1S/C27H35ClN6O2S/c1-27(2,18-30-3)19-36-25-24(16-31-34(26(25)35)23-6-4-5-21(28)15-23)32-11-13-33(14-12-32)37-17-20-7-9-22(29)10-8-20/h4-10,15-16,30H,11-14,17-19,29H2,1-3H3. The third-order valence-electron chi connectivity index (χ3n) is 6.20. The largest absolute Gasteiger partial charge is 0.486 e. The van der Waals surface area contributed by atoms with Gasteiger partial charge in [-0.15, -0.1) is 0 Å². The van der Waals surface area contributed by atoms with Crippen molar-refractivity contribution in [3.05, 3.63) is 75.7 Å². The molecule has 0 saturated carbocycles. The van der Waals surface area contributed by atoms with Crippen molar-refractivity contribution in [2.75, 3.05) is 57.0 Å². The summed E-state index contributed by atoms with van der Waals surface area (Å²) in [6.07, 6.45) is 1.74. The number of nitrogens with one attached hydrogen (secondary N) is 1. The highest BCUT2D eigenvalue weighted by Gasteiger charge is 2.26. The van der Waals surface area contributed by atoms with Crippen LogP contribution in [0.4, 0.5) is 11.4 Å². The molecule has 1 aromatic heterocycles. The van der Waals surface area contributed by atoms with E-state index in [1.165, 1.54) is 10.2 Å². The van der Waals surface area contributed by atoms with Gasteiger partial charge in [0.15, 0.2) is 0 Å². The van der Waals surface area contributed by atoms with Crippen molar-refractivity contribution >= 4 is 34.9 Å². The van der Waals surface area contributed by atoms with Gasteiger partial charge in [0, 0.05) is 54.6 Å². The number of aromatic nitrogens is 2. The number of nitrogen functional groups attached to an aromatic ring is 1. The van der Waals surface area contributed by atoms with Gasteiger partial charge in [0.2, 0.25) is 5.75 Å². The summed E-state index contributed by atoms with van der Waals surface area (Å²) >= 11 is 7.99. The number of nitrogens with zero attached hydrogens (tertiary/aromatic N) is 4. The second kappa shape index (κ2) is 12.2. The van der Waals surface area contributed by atoms with Gasteiger partial charge in [-0.05, 0) is 42.9 Å². The van der Waals surface area contributed by atoms with Gasteiger partial charge in [-0.1, -0.05) is 55.6 Å². The molecule has 0 bridgehead atoms. The van der Waals surface area contributed by atoms with Gasteiger partial charge < -0.3 is 20.7 Å². The maximum Gasteiger partial charge on any atom is 0.316 e. The quantitative estimate of drug-likeness (QED) is 0.293. The van der Waals surface area contributed by atoms with Crippen molar-refractivity contribution in [2.45, 2.75) is 19.6 Å². The molecule has 2 aromatic carbocycles. The first kappa shape index (κ1) is 27.3. The molecule has 198 valence electrons. The van der Waals surface area contributed by atoms with E-state index >= 15 is 0 Å². The Morgan fingerprint density at radius 2 is 1.86 bits per heavy atom.